The Morgan fingerprint density at radius 1 is 1.28 bits per heavy atom. The quantitative estimate of drug-likeness (QED) is 0.643. The molecular formula is C19H22F4N4O4S. The van der Waals surface area contributed by atoms with Gasteiger partial charge in [0.1, 0.15) is 0 Å². The summed E-state index contributed by atoms with van der Waals surface area (Å²) < 4.78 is 89.6. The van der Waals surface area contributed by atoms with Crippen LogP contribution in [0.5, 0.6) is 5.75 Å². The zero-order valence-electron chi connectivity index (χ0n) is 17.0. The van der Waals surface area contributed by atoms with Gasteiger partial charge in [0.15, 0.2) is 16.6 Å². The fourth-order valence-electron chi connectivity index (χ4n) is 4.17. The molecule has 0 radical (unpaired) electrons. The molecule has 0 aliphatic carbocycles. The molecule has 8 nitrogen and oxygen atoms in total. The Morgan fingerprint density at radius 3 is 2.69 bits per heavy atom. The molecule has 3 unspecified atom stereocenters. The molecule has 2 aliphatic rings. The number of alkyl halides is 3. The van der Waals surface area contributed by atoms with Crippen molar-refractivity contribution in [3.63, 3.8) is 0 Å². The molecule has 1 N–H and O–H groups in total. The van der Waals surface area contributed by atoms with Gasteiger partial charge in [-0.25, -0.2) is 17.8 Å². The van der Waals surface area contributed by atoms with E-state index < -0.39 is 34.0 Å². The number of hydrogen-bond donors (Lipinski definition) is 1. The highest BCUT2D eigenvalue weighted by Crippen LogP contribution is 2.36. The fraction of sp³-hybridized carbons (Fsp3) is 0.526. The number of rotatable bonds is 6. The van der Waals surface area contributed by atoms with E-state index in [4.69, 9.17) is 4.74 Å². The lowest BCUT2D eigenvalue weighted by Gasteiger charge is -2.25. The standard InChI is InChI=1S/C19H22F4N4O4S/c1-26-9-18(24-11-26)32(28,29)27-7-14(12-4-5-30-10-12)16(8-27)25-13-2-3-15(20)17(6-13)31-19(21,22)23/h2-3,6,9,11-12,14,16,25H,4-5,7-8,10H2,1H3. The van der Waals surface area contributed by atoms with E-state index in [0.717, 1.165) is 18.6 Å². The van der Waals surface area contributed by atoms with Crippen molar-refractivity contribution in [2.75, 3.05) is 31.6 Å². The van der Waals surface area contributed by atoms with Crippen LogP contribution in [0, 0.1) is 17.7 Å². The van der Waals surface area contributed by atoms with Crippen LogP contribution in [0.15, 0.2) is 35.7 Å². The lowest BCUT2D eigenvalue weighted by molar-refractivity contribution is -0.275. The first-order chi connectivity index (χ1) is 15.0. The third-order valence-corrected chi connectivity index (χ3v) is 7.41. The molecular weight excluding hydrogens is 456 g/mol. The van der Waals surface area contributed by atoms with Gasteiger partial charge in [0.25, 0.3) is 10.0 Å². The van der Waals surface area contributed by atoms with Crippen LogP contribution in [0.1, 0.15) is 6.42 Å². The van der Waals surface area contributed by atoms with E-state index in [1.165, 1.54) is 27.5 Å². The van der Waals surface area contributed by atoms with Gasteiger partial charge >= 0.3 is 6.36 Å². The zero-order chi connectivity index (χ0) is 23.1. The predicted octanol–water partition coefficient (Wildman–Crippen LogP) is 2.60. The summed E-state index contributed by atoms with van der Waals surface area (Å²) in [7, 11) is -2.20. The highest BCUT2D eigenvalue weighted by Gasteiger charge is 2.44. The molecule has 2 fully saturated rings. The summed E-state index contributed by atoms with van der Waals surface area (Å²) in [5.41, 5.74) is 0.191. The van der Waals surface area contributed by atoms with Crippen molar-refractivity contribution in [1.29, 1.82) is 0 Å². The molecule has 3 atom stereocenters. The van der Waals surface area contributed by atoms with Gasteiger partial charge in [0.2, 0.25) is 0 Å². The van der Waals surface area contributed by atoms with Gasteiger partial charge in [-0.05, 0) is 30.4 Å². The Kier molecular flexibility index (Phi) is 6.07. The summed E-state index contributed by atoms with van der Waals surface area (Å²) in [6, 6.07) is 2.65. The summed E-state index contributed by atoms with van der Waals surface area (Å²) in [4.78, 5) is 3.94. The Morgan fingerprint density at radius 2 is 2.06 bits per heavy atom. The number of nitrogens with one attached hydrogen (secondary N) is 1. The molecule has 176 valence electrons. The molecule has 1 aromatic carbocycles. The highest BCUT2D eigenvalue weighted by atomic mass is 32.2. The van der Waals surface area contributed by atoms with E-state index in [2.05, 4.69) is 15.0 Å². The summed E-state index contributed by atoms with van der Waals surface area (Å²) >= 11 is 0. The first kappa shape index (κ1) is 22.8. The van der Waals surface area contributed by atoms with E-state index in [9.17, 15) is 26.0 Å². The molecule has 3 heterocycles. The second kappa shape index (κ2) is 8.52. The van der Waals surface area contributed by atoms with E-state index in [0.29, 0.717) is 13.2 Å². The van der Waals surface area contributed by atoms with Crippen molar-refractivity contribution in [3.05, 3.63) is 36.5 Å². The van der Waals surface area contributed by atoms with Crippen molar-refractivity contribution in [1.82, 2.24) is 13.9 Å². The second-order valence-electron chi connectivity index (χ2n) is 7.93. The maximum Gasteiger partial charge on any atom is 0.573 e. The number of halogens is 4. The van der Waals surface area contributed by atoms with Crippen molar-refractivity contribution < 1.29 is 35.5 Å². The molecule has 2 aromatic rings. The number of anilines is 1. The lowest BCUT2D eigenvalue weighted by atomic mass is 9.87. The minimum atomic E-state index is -5.04. The van der Waals surface area contributed by atoms with E-state index in [1.807, 2.05) is 0 Å². The van der Waals surface area contributed by atoms with Gasteiger partial charge in [-0.15, -0.1) is 13.2 Å². The first-order valence-electron chi connectivity index (χ1n) is 9.90. The molecule has 2 saturated heterocycles. The number of ether oxygens (including phenoxy) is 2. The number of benzene rings is 1. The maximum atomic E-state index is 13.8. The highest BCUT2D eigenvalue weighted by molar-refractivity contribution is 7.89. The van der Waals surface area contributed by atoms with Crippen molar-refractivity contribution in [2.24, 2.45) is 18.9 Å². The van der Waals surface area contributed by atoms with Gasteiger partial charge < -0.3 is 19.4 Å². The average Bonchev–Trinajstić information content (AvgIpc) is 3.44. The average molecular weight is 478 g/mol. The van der Waals surface area contributed by atoms with Crippen LogP contribution in [0.4, 0.5) is 23.2 Å². The van der Waals surface area contributed by atoms with Crippen LogP contribution < -0.4 is 10.1 Å². The summed E-state index contributed by atoms with van der Waals surface area (Å²) in [6.45, 7) is 1.30. The Balaban J connectivity index is 1.58. The zero-order valence-corrected chi connectivity index (χ0v) is 17.9. The van der Waals surface area contributed by atoms with Crippen LogP contribution in [-0.2, 0) is 21.8 Å². The van der Waals surface area contributed by atoms with Gasteiger partial charge in [-0.3, -0.25) is 0 Å². The van der Waals surface area contributed by atoms with Gasteiger partial charge in [0.05, 0.1) is 6.33 Å². The third kappa shape index (κ3) is 4.84. The van der Waals surface area contributed by atoms with Crippen LogP contribution in [0.2, 0.25) is 0 Å². The monoisotopic (exact) mass is 478 g/mol. The summed E-state index contributed by atoms with van der Waals surface area (Å²) in [6.07, 6.45) is -1.50. The number of aryl methyl sites for hydroxylation is 1. The minimum absolute atomic E-state index is 0.0720. The normalized spacial score (nSPS) is 24.7. The van der Waals surface area contributed by atoms with Crippen molar-refractivity contribution >= 4 is 15.7 Å². The SMILES string of the molecule is Cn1cnc(S(=O)(=O)N2CC(Nc3ccc(F)c(OC(F)(F)F)c3)C(C3CCOC3)C2)c1. The van der Waals surface area contributed by atoms with Gasteiger partial charge in [-0.1, -0.05) is 0 Å². The molecule has 0 amide bonds. The maximum absolute atomic E-state index is 13.8. The lowest BCUT2D eigenvalue weighted by Crippen LogP contribution is -2.33. The number of sulfonamides is 1. The smallest absolute Gasteiger partial charge is 0.403 e. The van der Waals surface area contributed by atoms with E-state index >= 15 is 0 Å². The largest absolute Gasteiger partial charge is 0.573 e. The first-order valence-corrected chi connectivity index (χ1v) is 11.3. The van der Waals surface area contributed by atoms with Crippen LogP contribution in [-0.4, -0.2) is 61.0 Å². The van der Waals surface area contributed by atoms with Crippen LogP contribution >= 0.6 is 0 Å². The van der Waals surface area contributed by atoms with Crippen molar-refractivity contribution in [2.45, 2.75) is 23.9 Å². The molecule has 13 heteroatoms. The topological polar surface area (TPSA) is 85.7 Å². The minimum Gasteiger partial charge on any atom is -0.403 e. The molecule has 2 aliphatic heterocycles. The summed E-state index contributed by atoms with van der Waals surface area (Å²) in [5, 5.41) is 3.00. The number of nitrogens with zero attached hydrogens (tertiary/aromatic N) is 3. The third-order valence-electron chi connectivity index (χ3n) is 5.70. The fourth-order valence-corrected chi connectivity index (χ4v) is 5.64. The van der Waals surface area contributed by atoms with Gasteiger partial charge in [0, 0.05) is 57.3 Å². The van der Waals surface area contributed by atoms with Crippen LogP contribution in [0.3, 0.4) is 0 Å². The molecule has 1 aromatic heterocycles. The number of imidazole rings is 1. The number of aromatic nitrogens is 2. The number of hydrogen-bond acceptors (Lipinski definition) is 6. The summed E-state index contributed by atoms with van der Waals surface area (Å²) in [5.74, 6) is -2.20. The Hall–Kier alpha value is -2.38. The second-order valence-corrected chi connectivity index (χ2v) is 9.82. The van der Waals surface area contributed by atoms with Crippen LogP contribution in [0.25, 0.3) is 0 Å². The predicted molar refractivity (Wildman–Crippen MR) is 105 cm³/mol. The molecule has 0 bridgehead atoms. The van der Waals surface area contributed by atoms with E-state index in [-0.39, 0.29) is 35.6 Å². The van der Waals surface area contributed by atoms with Gasteiger partial charge in [-0.2, -0.15) is 4.31 Å². The molecule has 32 heavy (non-hydrogen) atoms. The molecule has 0 spiro atoms. The van der Waals surface area contributed by atoms with E-state index in [1.54, 1.807) is 7.05 Å². The molecule has 4 rings (SSSR count). The van der Waals surface area contributed by atoms with Crippen molar-refractivity contribution in [3.8, 4) is 5.75 Å². The molecule has 0 saturated carbocycles. The Bertz CT molecular complexity index is 1070. The Labute approximate surface area is 182 Å².